The van der Waals surface area contributed by atoms with E-state index in [4.69, 9.17) is 4.74 Å². The molecule has 2 rings (SSSR count). The lowest BCUT2D eigenvalue weighted by Crippen LogP contribution is -2.40. The Hall–Kier alpha value is -1.51. The van der Waals surface area contributed by atoms with E-state index in [0.717, 1.165) is 12.8 Å². The van der Waals surface area contributed by atoms with E-state index in [9.17, 15) is 18.5 Å². The van der Waals surface area contributed by atoms with Crippen molar-refractivity contribution in [2.75, 3.05) is 6.61 Å². The van der Waals surface area contributed by atoms with Gasteiger partial charge in [0.25, 0.3) is 5.69 Å². The van der Waals surface area contributed by atoms with E-state index in [1.165, 1.54) is 24.3 Å². The van der Waals surface area contributed by atoms with E-state index in [0.29, 0.717) is 6.61 Å². The number of hydrogen-bond donors (Lipinski definition) is 1. The van der Waals surface area contributed by atoms with Crippen molar-refractivity contribution in [3.05, 3.63) is 34.4 Å². The molecule has 2 atom stereocenters. The van der Waals surface area contributed by atoms with E-state index >= 15 is 0 Å². The Labute approximate surface area is 117 Å². The Balaban J connectivity index is 2.24. The number of benzene rings is 1. The lowest BCUT2D eigenvalue weighted by molar-refractivity contribution is -0.387. The third-order valence-corrected chi connectivity index (χ3v) is 4.82. The first-order chi connectivity index (χ1) is 9.42. The number of nitro benzene ring substituents is 1. The SMILES string of the molecule is CC(NS(=O)(=O)c1ccccc1[N+](=O)[O-])C1CCCO1. The minimum absolute atomic E-state index is 0.187. The van der Waals surface area contributed by atoms with Gasteiger partial charge in [0, 0.05) is 18.7 Å². The van der Waals surface area contributed by atoms with Gasteiger partial charge in [-0.3, -0.25) is 10.1 Å². The molecule has 1 aliphatic heterocycles. The number of hydrogen-bond acceptors (Lipinski definition) is 5. The molecule has 20 heavy (non-hydrogen) atoms. The van der Waals surface area contributed by atoms with Crippen LogP contribution < -0.4 is 4.72 Å². The minimum Gasteiger partial charge on any atom is -0.377 e. The highest BCUT2D eigenvalue weighted by Crippen LogP contribution is 2.24. The van der Waals surface area contributed by atoms with Crippen molar-refractivity contribution in [1.82, 2.24) is 4.72 Å². The van der Waals surface area contributed by atoms with Gasteiger partial charge in [-0.25, -0.2) is 13.1 Å². The van der Waals surface area contributed by atoms with Gasteiger partial charge in [0.05, 0.1) is 11.0 Å². The minimum atomic E-state index is -3.94. The van der Waals surface area contributed by atoms with Crippen LogP contribution >= 0.6 is 0 Å². The molecule has 0 amide bonds. The van der Waals surface area contributed by atoms with Gasteiger partial charge >= 0.3 is 0 Å². The molecule has 2 unspecified atom stereocenters. The maximum absolute atomic E-state index is 12.3. The van der Waals surface area contributed by atoms with Crippen LogP contribution in [0, 0.1) is 10.1 Å². The molecule has 1 saturated heterocycles. The van der Waals surface area contributed by atoms with Crippen LogP contribution in [-0.2, 0) is 14.8 Å². The molecular weight excluding hydrogens is 284 g/mol. The summed E-state index contributed by atoms with van der Waals surface area (Å²) in [4.78, 5) is 9.87. The fourth-order valence-electron chi connectivity index (χ4n) is 2.22. The molecule has 1 aromatic carbocycles. The van der Waals surface area contributed by atoms with Crippen molar-refractivity contribution in [3.8, 4) is 0 Å². The van der Waals surface area contributed by atoms with Gasteiger partial charge in [-0.15, -0.1) is 0 Å². The first-order valence-corrected chi connectivity index (χ1v) is 7.77. The number of para-hydroxylation sites is 1. The normalized spacial score (nSPS) is 20.8. The standard InChI is InChI=1S/C12H16N2O5S/c1-9(11-6-4-8-19-11)13-20(17,18)12-7-3-2-5-10(12)14(15)16/h2-3,5,7,9,11,13H,4,6,8H2,1H3. The quantitative estimate of drug-likeness (QED) is 0.655. The predicted molar refractivity (Wildman–Crippen MR) is 71.9 cm³/mol. The van der Waals surface area contributed by atoms with Crippen LogP contribution in [0.1, 0.15) is 19.8 Å². The molecule has 1 N–H and O–H groups in total. The van der Waals surface area contributed by atoms with E-state index in [2.05, 4.69) is 4.72 Å². The summed E-state index contributed by atoms with van der Waals surface area (Å²) in [6, 6.07) is 4.86. The van der Waals surface area contributed by atoms with Crippen LogP contribution in [0.5, 0.6) is 0 Å². The highest BCUT2D eigenvalue weighted by molar-refractivity contribution is 7.89. The third-order valence-electron chi connectivity index (χ3n) is 3.22. The molecule has 1 aliphatic rings. The highest BCUT2D eigenvalue weighted by Gasteiger charge is 2.30. The maximum Gasteiger partial charge on any atom is 0.289 e. The first-order valence-electron chi connectivity index (χ1n) is 6.29. The summed E-state index contributed by atoms with van der Waals surface area (Å²) in [5.74, 6) is 0. The zero-order valence-electron chi connectivity index (χ0n) is 11.0. The zero-order valence-corrected chi connectivity index (χ0v) is 11.8. The Morgan fingerprint density at radius 1 is 1.45 bits per heavy atom. The van der Waals surface area contributed by atoms with E-state index < -0.39 is 26.7 Å². The molecule has 1 aromatic rings. The van der Waals surface area contributed by atoms with E-state index in [1.54, 1.807) is 6.92 Å². The average molecular weight is 300 g/mol. The summed E-state index contributed by atoms with van der Waals surface area (Å²) in [6.45, 7) is 2.31. The third kappa shape index (κ3) is 3.14. The van der Waals surface area contributed by atoms with E-state index in [-0.39, 0.29) is 11.0 Å². The number of nitrogens with one attached hydrogen (secondary N) is 1. The van der Waals surface area contributed by atoms with Gasteiger partial charge in [-0.2, -0.15) is 0 Å². The predicted octanol–water partition coefficient (Wildman–Crippen LogP) is 1.44. The van der Waals surface area contributed by atoms with Crippen LogP contribution in [-0.4, -0.2) is 32.1 Å². The van der Waals surface area contributed by atoms with Crippen molar-refractivity contribution in [2.24, 2.45) is 0 Å². The molecule has 1 fully saturated rings. The Morgan fingerprint density at radius 2 is 2.15 bits per heavy atom. The summed E-state index contributed by atoms with van der Waals surface area (Å²) < 4.78 is 32.4. The summed E-state index contributed by atoms with van der Waals surface area (Å²) in [6.07, 6.45) is 1.48. The van der Waals surface area contributed by atoms with Crippen LogP contribution in [0.25, 0.3) is 0 Å². The first kappa shape index (κ1) is 14.9. The number of nitro groups is 1. The molecule has 8 heteroatoms. The van der Waals surface area contributed by atoms with Gasteiger partial charge in [-0.1, -0.05) is 12.1 Å². The van der Waals surface area contributed by atoms with Gasteiger partial charge < -0.3 is 4.74 Å². The highest BCUT2D eigenvalue weighted by atomic mass is 32.2. The largest absolute Gasteiger partial charge is 0.377 e. The molecule has 7 nitrogen and oxygen atoms in total. The Morgan fingerprint density at radius 3 is 2.75 bits per heavy atom. The number of rotatable bonds is 5. The van der Waals surface area contributed by atoms with Crippen molar-refractivity contribution >= 4 is 15.7 Å². The average Bonchev–Trinajstić information content (AvgIpc) is 2.92. The van der Waals surface area contributed by atoms with Crippen LogP contribution in [0.3, 0.4) is 0 Å². The van der Waals surface area contributed by atoms with E-state index in [1.807, 2.05) is 0 Å². The molecule has 0 radical (unpaired) electrons. The Bertz CT molecular complexity index is 596. The number of sulfonamides is 1. The molecule has 0 spiro atoms. The van der Waals surface area contributed by atoms with Crippen molar-refractivity contribution in [2.45, 2.75) is 36.8 Å². The second kappa shape index (κ2) is 5.86. The van der Waals surface area contributed by atoms with Crippen LogP contribution in [0.4, 0.5) is 5.69 Å². The fraction of sp³-hybridized carbons (Fsp3) is 0.500. The molecule has 0 aliphatic carbocycles. The topological polar surface area (TPSA) is 98.5 Å². The van der Waals surface area contributed by atoms with Gasteiger partial charge in [0.15, 0.2) is 4.90 Å². The second-order valence-electron chi connectivity index (χ2n) is 4.69. The monoisotopic (exact) mass is 300 g/mol. The summed E-state index contributed by atoms with van der Waals surface area (Å²) in [7, 11) is -3.94. The van der Waals surface area contributed by atoms with Gasteiger partial charge in [-0.05, 0) is 25.8 Å². The molecule has 110 valence electrons. The molecule has 1 heterocycles. The van der Waals surface area contributed by atoms with Crippen LogP contribution in [0.15, 0.2) is 29.2 Å². The number of nitrogens with zero attached hydrogens (tertiary/aromatic N) is 1. The van der Waals surface area contributed by atoms with Gasteiger partial charge in [0.2, 0.25) is 10.0 Å². The molecular formula is C12H16N2O5S. The summed E-state index contributed by atoms with van der Waals surface area (Å²) in [5, 5.41) is 10.9. The van der Waals surface area contributed by atoms with Crippen molar-refractivity contribution in [3.63, 3.8) is 0 Å². The van der Waals surface area contributed by atoms with Crippen LogP contribution in [0.2, 0.25) is 0 Å². The van der Waals surface area contributed by atoms with Crippen molar-refractivity contribution in [1.29, 1.82) is 0 Å². The summed E-state index contributed by atoms with van der Waals surface area (Å²) >= 11 is 0. The summed E-state index contributed by atoms with van der Waals surface area (Å²) in [5.41, 5.74) is -0.431. The number of ether oxygens (including phenoxy) is 1. The second-order valence-corrected chi connectivity index (χ2v) is 6.37. The molecule has 0 bridgehead atoms. The lowest BCUT2D eigenvalue weighted by Gasteiger charge is -2.19. The fourth-order valence-corrected chi connectivity index (χ4v) is 3.66. The maximum atomic E-state index is 12.3. The van der Waals surface area contributed by atoms with Gasteiger partial charge in [0.1, 0.15) is 0 Å². The molecule has 0 saturated carbocycles. The lowest BCUT2D eigenvalue weighted by atomic mass is 10.1. The Kier molecular flexibility index (Phi) is 4.36. The van der Waals surface area contributed by atoms with Crippen molar-refractivity contribution < 1.29 is 18.1 Å². The molecule has 0 aromatic heterocycles. The smallest absolute Gasteiger partial charge is 0.289 e. The zero-order chi connectivity index (χ0) is 14.8.